The summed E-state index contributed by atoms with van der Waals surface area (Å²) in [6, 6.07) is 4.57. The Labute approximate surface area is 198 Å². The summed E-state index contributed by atoms with van der Waals surface area (Å²) < 4.78 is 15.8. The molecule has 2 bridgehead atoms. The average molecular weight is 460 g/mol. The number of fused-ring (bicyclic) bond motifs is 2. The highest BCUT2D eigenvalue weighted by Crippen LogP contribution is 2.62. The summed E-state index contributed by atoms with van der Waals surface area (Å²) in [4.78, 5) is 17.3. The third-order valence-corrected chi connectivity index (χ3v) is 9.70. The Hall–Kier alpha value is -0.960. The predicted molar refractivity (Wildman–Crippen MR) is 124 cm³/mol. The van der Waals surface area contributed by atoms with Gasteiger partial charge < -0.3 is 18.9 Å². The number of rotatable bonds is 3. The lowest BCUT2D eigenvalue weighted by Gasteiger charge is -2.60. The first-order valence-electron chi connectivity index (χ1n) is 13.1. The second-order valence-corrected chi connectivity index (χ2v) is 11.7. The van der Waals surface area contributed by atoms with Crippen LogP contribution < -0.4 is 0 Å². The van der Waals surface area contributed by atoms with Gasteiger partial charge in [-0.3, -0.25) is 4.90 Å². The van der Waals surface area contributed by atoms with E-state index < -0.39 is 11.4 Å². The first-order chi connectivity index (χ1) is 15.8. The Morgan fingerprint density at radius 2 is 1.76 bits per heavy atom. The van der Waals surface area contributed by atoms with Crippen molar-refractivity contribution in [1.82, 2.24) is 14.4 Å². The molecule has 6 fully saturated rings. The fourth-order valence-corrected chi connectivity index (χ4v) is 7.49. The van der Waals surface area contributed by atoms with E-state index in [4.69, 9.17) is 19.2 Å². The summed E-state index contributed by atoms with van der Waals surface area (Å²) in [5, 5.41) is 0. The van der Waals surface area contributed by atoms with Gasteiger partial charge in [0.1, 0.15) is 6.10 Å². The van der Waals surface area contributed by atoms with E-state index in [2.05, 4.69) is 54.4 Å². The molecule has 1 saturated carbocycles. The number of hydrogen-bond acceptors (Lipinski definition) is 6. The zero-order valence-electron chi connectivity index (χ0n) is 21.0. The smallest absolute Gasteiger partial charge is 0.201 e. The SMILES string of the molecule is C[C@H]1[C@H](c2ccc(CN3CCN(C)CC3)n2C)O[C@@H]2O[C@]3(C)CC[C@H]4[C@H](C)CC[C@@H]1[C@@]24OO3. The molecule has 184 valence electrons. The van der Waals surface area contributed by atoms with Gasteiger partial charge in [-0.15, -0.1) is 0 Å². The number of ether oxygens (including phenoxy) is 2. The number of nitrogens with zero attached hydrogens (tertiary/aromatic N) is 3. The van der Waals surface area contributed by atoms with Crippen LogP contribution >= 0.6 is 0 Å². The molecular weight excluding hydrogens is 418 g/mol. The first kappa shape index (κ1) is 22.5. The highest BCUT2D eigenvalue weighted by Gasteiger charge is 2.69. The van der Waals surface area contributed by atoms with E-state index in [0.29, 0.717) is 23.7 Å². The lowest BCUT2D eigenvalue weighted by atomic mass is 9.57. The lowest BCUT2D eigenvalue weighted by molar-refractivity contribution is -0.571. The van der Waals surface area contributed by atoms with E-state index in [9.17, 15) is 0 Å². The minimum Gasteiger partial charge on any atom is -0.348 e. The molecule has 0 radical (unpaired) electrons. The second-order valence-electron chi connectivity index (χ2n) is 11.7. The van der Waals surface area contributed by atoms with Crippen molar-refractivity contribution in [1.29, 1.82) is 0 Å². The van der Waals surface area contributed by atoms with Gasteiger partial charge in [-0.1, -0.05) is 13.8 Å². The van der Waals surface area contributed by atoms with Gasteiger partial charge in [0.25, 0.3) is 0 Å². The Bertz CT molecular complexity index is 883. The maximum atomic E-state index is 6.87. The van der Waals surface area contributed by atoms with E-state index in [1.165, 1.54) is 17.8 Å². The molecule has 1 spiro atoms. The van der Waals surface area contributed by atoms with Crippen molar-refractivity contribution in [2.75, 3.05) is 33.2 Å². The van der Waals surface area contributed by atoms with Crippen molar-refractivity contribution >= 4 is 0 Å². The quantitative estimate of drug-likeness (QED) is 0.643. The van der Waals surface area contributed by atoms with Crippen LogP contribution in [0.5, 0.6) is 0 Å². The van der Waals surface area contributed by atoms with E-state index in [-0.39, 0.29) is 12.4 Å². The number of hydrogen-bond donors (Lipinski definition) is 0. The molecule has 1 aromatic heterocycles. The van der Waals surface area contributed by atoms with Crippen molar-refractivity contribution in [3.05, 3.63) is 23.5 Å². The van der Waals surface area contributed by atoms with Crippen LogP contribution in [-0.4, -0.2) is 65.3 Å². The molecule has 7 heteroatoms. The number of aromatic nitrogens is 1. The van der Waals surface area contributed by atoms with E-state index in [1.54, 1.807) is 0 Å². The standard InChI is InChI=1S/C26H41N3O4/c1-17-6-8-21-18(2)23(30-24-26(21)20(17)10-11-25(3,31-24)32-33-26)22-9-7-19(28(22)5)16-29-14-12-27(4)13-15-29/h7,9,17-18,20-21,23-24H,6,8,10-16H2,1-5H3/t17-,18-,20+,21+,23-,24-,25+,26-/m1/s1. The fourth-order valence-electron chi connectivity index (χ4n) is 7.49. The zero-order valence-corrected chi connectivity index (χ0v) is 21.0. The molecule has 1 aromatic rings. The van der Waals surface area contributed by atoms with Crippen LogP contribution in [0.15, 0.2) is 12.1 Å². The van der Waals surface area contributed by atoms with Crippen LogP contribution in [0, 0.1) is 23.7 Å². The third kappa shape index (κ3) is 3.46. The van der Waals surface area contributed by atoms with Crippen LogP contribution in [0.3, 0.4) is 0 Å². The molecule has 0 aromatic carbocycles. The fraction of sp³-hybridized carbons (Fsp3) is 0.846. The molecule has 33 heavy (non-hydrogen) atoms. The van der Waals surface area contributed by atoms with Crippen molar-refractivity contribution < 1.29 is 19.2 Å². The minimum absolute atomic E-state index is 0.00234. The highest BCUT2D eigenvalue weighted by molar-refractivity contribution is 5.22. The van der Waals surface area contributed by atoms with E-state index in [1.807, 2.05) is 6.92 Å². The maximum absolute atomic E-state index is 6.87. The number of likely N-dealkylation sites (N-methyl/N-ethyl adjacent to an activating group) is 1. The van der Waals surface area contributed by atoms with Crippen LogP contribution in [0.1, 0.15) is 63.9 Å². The molecule has 1 aliphatic carbocycles. The minimum atomic E-state index is -0.719. The van der Waals surface area contributed by atoms with E-state index in [0.717, 1.165) is 52.0 Å². The maximum Gasteiger partial charge on any atom is 0.201 e. The molecule has 0 N–H and O–H groups in total. The lowest BCUT2D eigenvalue weighted by Crippen LogP contribution is -2.69. The molecule has 8 atom stereocenters. The van der Waals surface area contributed by atoms with Gasteiger partial charge in [0.05, 0.1) is 0 Å². The number of piperazine rings is 1. The van der Waals surface area contributed by atoms with Crippen molar-refractivity contribution in [3.63, 3.8) is 0 Å². The Morgan fingerprint density at radius 3 is 2.55 bits per heavy atom. The van der Waals surface area contributed by atoms with Crippen LogP contribution in [0.4, 0.5) is 0 Å². The van der Waals surface area contributed by atoms with Gasteiger partial charge in [-0.05, 0) is 63.1 Å². The summed E-state index contributed by atoms with van der Waals surface area (Å²) in [7, 11) is 4.41. The van der Waals surface area contributed by atoms with Crippen molar-refractivity contribution in [3.8, 4) is 0 Å². The summed E-state index contributed by atoms with van der Waals surface area (Å²) in [5.74, 6) is 0.977. The molecule has 5 saturated heterocycles. The van der Waals surface area contributed by atoms with Crippen LogP contribution in [-0.2, 0) is 32.8 Å². The molecule has 7 rings (SSSR count). The van der Waals surface area contributed by atoms with E-state index >= 15 is 0 Å². The molecular formula is C26H41N3O4. The molecule has 7 nitrogen and oxygen atoms in total. The van der Waals surface area contributed by atoms with Crippen LogP contribution in [0.25, 0.3) is 0 Å². The Kier molecular flexibility index (Phi) is 5.48. The van der Waals surface area contributed by atoms with Gasteiger partial charge in [-0.25, -0.2) is 9.78 Å². The molecule has 6 aliphatic rings. The predicted octanol–water partition coefficient (Wildman–Crippen LogP) is 3.70. The third-order valence-electron chi connectivity index (χ3n) is 9.70. The summed E-state index contributed by atoms with van der Waals surface area (Å²) in [6.07, 6.45) is 3.92. The van der Waals surface area contributed by atoms with Gasteiger partial charge in [0.15, 0.2) is 11.9 Å². The Morgan fingerprint density at radius 1 is 0.970 bits per heavy atom. The largest absolute Gasteiger partial charge is 0.348 e. The van der Waals surface area contributed by atoms with Gasteiger partial charge in [0, 0.05) is 63.5 Å². The van der Waals surface area contributed by atoms with Gasteiger partial charge in [0.2, 0.25) is 5.79 Å². The molecule has 0 amide bonds. The second kappa shape index (κ2) is 8.04. The molecule has 5 aliphatic heterocycles. The summed E-state index contributed by atoms with van der Waals surface area (Å²) in [6.45, 7) is 12.3. The van der Waals surface area contributed by atoms with Crippen molar-refractivity contribution in [2.24, 2.45) is 30.7 Å². The van der Waals surface area contributed by atoms with Gasteiger partial charge in [-0.2, -0.15) is 0 Å². The monoisotopic (exact) mass is 459 g/mol. The molecule has 0 unspecified atom stereocenters. The van der Waals surface area contributed by atoms with Crippen molar-refractivity contribution in [2.45, 2.75) is 76.8 Å². The van der Waals surface area contributed by atoms with Crippen LogP contribution in [0.2, 0.25) is 0 Å². The first-order valence-corrected chi connectivity index (χ1v) is 13.1. The van der Waals surface area contributed by atoms with Gasteiger partial charge >= 0.3 is 0 Å². The summed E-state index contributed by atoms with van der Waals surface area (Å²) in [5.41, 5.74) is 2.12. The average Bonchev–Trinajstić information content (AvgIpc) is 2.98. The zero-order chi connectivity index (χ0) is 23.0. The Balaban J connectivity index is 1.29. The molecule has 6 heterocycles. The highest BCUT2D eigenvalue weighted by atomic mass is 17.3. The summed E-state index contributed by atoms with van der Waals surface area (Å²) >= 11 is 0. The normalized spacial score (nSPS) is 46.2. The topological polar surface area (TPSA) is 48.3 Å².